The van der Waals surface area contributed by atoms with E-state index in [1.54, 1.807) is 0 Å². The van der Waals surface area contributed by atoms with Crippen molar-refractivity contribution in [2.45, 2.75) is 32.7 Å². The van der Waals surface area contributed by atoms with Crippen LogP contribution in [0.25, 0.3) is 0 Å². The summed E-state index contributed by atoms with van der Waals surface area (Å²) in [6.45, 7) is 6.24. The molecule has 0 radical (unpaired) electrons. The van der Waals surface area contributed by atoms with Crippen molar-refractivity contribution in [1.82, 2.24) is 10.2 Å². The first-order valence-electron chi connectivity index (χ1n) is 7.61. The molecule has 0 spiro atoms. The van der Waals surface area contributed by atoms with E-state index in [0.29, 0.717) is 12.0 Å². The van der Waals surface area contributed by atoms with Gasteiger partial charge < -0.3 is 10.2 Å². The van der Waals surface area contributed by atoms with Crippen molar-refractivity contribution in [3.8, 4) is 0 Å². The van der Waals surface area contributed by atoms with Crippen molar-refractivity contribution >= 4 is 5.91 Å². The summed E-state index contributed by atoms with van der Waals surface area (Å²) >= 11 is 0. The van der Waals surface area contributed by atoms with Gasteiger partial charge in [0.05, 0.1) is 0 Å². The van der Waals surface area contributed by atoms with Crippen LogP contribution in [0.5, 0.6) is 0 Å². The minimum atomic E-state index is 0.0722. The molecule has 2 rings (SSSR count). The molecule has 0 bridgehead atoms. The third kappa shape index (κ3) is 3.60. The largest absolute Gasteiger partial charge is 0.341 e. The Bertz CT molecular complexity index is 424. The lowest BCUT2D eigenvalue weighted by Gasteiger charge is -2.30. The third-order valence-electron chi connectivity index (χ3n) is 4.35. The Kier molecular flexibility index (Phi) is 5.18. The molecule has 3 heteroatoms. The van der Waals surface area contributed by atoms with Gasteiger partial charge in [-0.15, -0.1) is 0 Å². The van der Waals surface area contributed by atoms with E-state index in [-0.39, 0.29) is 11.8 Å². The van der Waals surface area contributed by atoms with Crippen LogP contribution < -0.4 is 5.32 Å². The summed E-state index contributed by atoms with van der Waals surface area (Å²) in [6, 6.07) is 10.7. The highest BCUT2D eigenvalue weighted by Gasteiger charge is 2.30. The molecular formula is C17H26N2O. The Morgan fingerprint density at radius 3 is 2.60 bits per heavy atom. The Balaban J connectivity index is 2.05. The highest BCUT2D eigenvalue weighted by Crippen LogP contribution is 2.21. The summed E-state index contributed by atoms with van der Waals surface area (Å²) in [4.78, 5) is 14.7. The Hall–Kier alpha value is -1.35. The fourth-order valence-corrected chi connectivity index (χ4v) is 2.89. The van der Waals surface area contributed by atoms with Gasteiger partial charge in [0.25, 0.3) is 0 Å². The zero-order valence-electron chi connectivity index (χ0n) is 12.8. The molecule has 2 unspecified atom stereocenters. The maximum Gasteiger partial charge on any atom is 0.226 e. The Morgan fingerprint density at radius 2 is 2.05 bits per heavy atom. The molecule has 1 amide bonds. The highest BCUT2D eigenvalue weighted by molar-refractivity contribution is 5.79. The SMILES string of the molecule is CC(C)C(Cc1ccccc1)C(=O)N(C)C1CCNC1. The summed E-state index contributed by atoms with van der Waals surface area (Å²) in [5.41, 5.74) is 1.25. The van der Waals surface area contributed by atoms with Gasteiger partial charge in [-0.3, -0.25) is 4.79 Å². The number of hydrogen-bond donors (Lipinski definition) is 1. The number of carbonyl (C=O) groups is 1. The molecule has 20 heavy (non-hydrogen) atoms. The molecule has 1 N–H and O–H groups in total. The van der Waals surface area contributed by atoms with Gasteiger partial charge in [-0.05, 0) is 30.9 Å². The van der Waals surface area contributed by atoms with Crippen molar-refractivity contribution in [3.63, 3.8) is 0 Å². The number of rotatable bonds is 5. The van der Waals surface area contributed by atoms with Crippen molar-refractivity contribution in [3.05, 3.63) is 35.9 Å². The predicted molar refractivity (Wildman–Crippen MR) is 82.5 cm³/mol. The number of nitrogens with zero attached hydrogens (tertiary/aromatic N) is 1. The minimum Gasteiger partial charge on any atom is -0.341 e. The molecular weight excluding hydrogens is 248 g/mol. The third-order valence-corrected chi connectivity index (χ3v) is 4.35. The van der Waals surface area contributed by atoms with E-state index in [9.17, 15) is 4.79 Å². The van der Waals surface area contributed by atoms with Crippen LogP contribution in [0.4, 0.5) is 0 Å². The lowest BCUT2D eigenvalue weighted by Crippen LogP contribution is -2.43. The molecule has 1 aliphatic rings. The Morgan fingerprint density at radius 1 is 1.35 bits per heavy atom. The molecule has 0 aliphatic carbocycles. The van der Waals surface area contributed by atoms with Crippen LogP contribution in [0, 0.1) is 11.8 Å². The molecule has 1 fully saturated rings. The van der Waals surface area contributed by atoms with Gasteiger partial charge in [0.15, 0.2) is 0 Å². The quantitative estimate of drug-likeness (QED) is 0.893. The highest BCUT2D eigenvalue weighted by atomic mass is 16.2. The number of nitrogens with one attached hydrogen (secondary N) is 1. The van der Waals surface area contributed by atoms with Crippen molar-refractivity contribution in [2.75, 3.05) is 20.1 Å². The smallest absolute Gasteiger partial charge is 0.226 e. The number of benzene rings is 1. The van der Waals surface area contributed by atoms with Gasteiger partial charge in [0.2, 0.25) is 5.91 Å². The summed E-state index contributed by atoms with van der Waals surface area (Å²) in [7, 11) is 1.96. The van der Waals surface area contributed by atoms with E-state index in [0.717, 1.165) is 25.9 Å². The monoisotopic (exact) mass is 274 g/mol. The average Bonchev–Trinajstić information content (AvgIpc) is 2.98. The molecule has 0 saturated carbocycles. The van der Waals surface area contributed by atoms with Gasteiger partial charge >= 0.3 is 0 Å². The zero-order valence-corrected chi connectivity index (χ0v) is 12.8. The first-order chi connectivity index (χ1) is 9.59. The van der Waals surface area contributed by atoms with E-state index in [1.807, 2.05) is 30.1 Å². The van der Waals surface area contributed by atoms with Crippen LogP contribution >= 0.6 is 0 Å². The van der Waals surface area contributed by atoms with Crippen LogP contribution in [-0.2, 0) is 11.2 Å². The Labute approximate surface area is 122 Å². The van der Waals surface area contributed by atoms with Gasteiger partial charge in [-0.1, -0.05) is 44.2 Å². The number of amides is 1. The first kappa shape index (κ1) is 15.0. The van der Waals surface area contributed by atoms with Gasteiger partial charge in [0.1, 0.15) is 0 Å². The second-order valence-electron chi connectivity index (χ2n) is 6.14. The molecule has 3 nitrogen and oxygen atoms in total. The van der Waals surface area contributed by atoms with Crippen molar-refractivity contribution in [1.29, 1.82) is 0 Å². The van der Waals surface area contributed by atoms with Gasteiger partial charge in [0, 0.05) is 25.6 Å². The van der Waals surface area contributed by atoms with Crippen molar-refractivity contribution in [2.24, 2.45) is 11.8 Å². The van der Waals surface area contributed by atoms with E-state index in [4.69, 9.17) is 0 Å². The normalized spacial score (nSPS) is 20.1. The van der Waals surface area contributed by atoms with E-state index in [2.05, 4.69) is 31.3 Å². The molecule has 1 aromatic rings. The summed E-state index contributed by atoms with van der Waals surface area (Å²) in [5.74, 6) is 0.722. The molecule has 1 heterocycles. The van der Waals surface area contributed by atoms with E-state index < -0.39 is 0 Å². The van der Waals surface area contributed by atoms with Gasteiger partial charge in [-0.25, -0.2) is 0 Å². The second kappa shape index (κ2) is 6.89. The van der Waals surface area contributed by atoms with Crippen LogP contribution in [-0.4, -0.2) is 37.0 Å². The fraction of sp³-hybridized carbons (Fsp3) is 0.588. The minimum absolute atomic E-state index is 0.0722. The zero-order chi connectivity index (χ0) is 14.5. The summed E-state index contributed by atoms with van der Waals surface area (Å²) in [6.07, 6.45) is 1.90. The topological polar surface area (TPSA) is 32.3 Å². The van der Waals surface area contributed by atoms with Crippen LogP contribution in [0.1, 0.15) is 25.8 Å². The molecule has 1 aliphatic heterocycles. The second-order valence-corrected chi connectivity index (χ2v) is 6.14. The van der Waals surface area contributed by atoms with E-state index in [1.165, 1.54) is 5.56 Å². The molecule has 1 aromatic carbocycles. The fourth-order valence-electron chi connectivity index (χ4n) is 2.89. The predicted octanol–water partition coefficient (Wildman–Crippen LogP) is 2.32. The first-order valence-corrected chi connectivity index (χ1v) is 7.61. The standard InChI is InChI=1S/C17H26N2O/c1-13(2)16(11-14-7-5-4-6-8-14)17(20)19(3)15-9-10-18-12-15/h4-8,13,15-16,18H,9-12H2,1-3H3. The number of hydrogen-bond acceptors (Lipinski definition) is 2. The number of carbonyl (C=O) groups excluding carboxylic acids is 1. The van der Waals surface area contributed by atoms with Crippen LogP contribution in [0.2, 0.25) is 0 Å². The summed E-state index contributed by atoms with van der Waals surface area (Å²) < 4.78 is 0. The lowest BCUT2D eigenvalue weighted by molar-refractivity contribution is -0.137. The molecule has 1 saturated heterocycles. The average molecular weight is 274 g/mol. The van der Waals surface area contributed by atoms with Crippen LogP contribution in [0.15, 0.2) is 30.3 Å². The summed E-state index contributed by atoms with van der Waals surface area (Å²) in [5, 5.41) is 3.33. The van der Waals surface area contributed by atoms with Gasteiger partial charge in [-0.2, -0.15) is 0 Å². The maximum atomic E-state index is 12.8. The molecule has 110 valence electrons. The van der Waals surface area contributed by atoms with Crippen LogP contribution in [0.3, 0.4) is 0 Å². The van der Waals surface area contributed by atoms with E-state index >= 15 is 0 Å². The lowest BCUT2D eigenvalue weighted by atomic mass is 9.87. The maximum absolute atomic E-state index is 12.8. The number of likely N-dealkylation sites (N-methyl/N-ethyl adjacent to an activating group) is 1. The van der Waals surface area contributed by atoms with Crippen molar-refractivity contribution < 1.29 is 4.79 Å². The molecule has 2 atom stereocenters. The molecule has 0 aromatic heterocycles.